The third kappa shape index (κ3) is 4.38. The molecule has 0 unspecified atom stereocenters. The van der Waals surface area contributed by atoms with E-state index in [0.29, 0.717) is 29.9 Å². The Morgan fingerprint density at radius 3 is 2.74 bits per heavy atom. The molecular formula is C13H19F2N3O. The van der Waals surface area contributed by atoms with Crippen molar-refractivity contribution >= 4 is 0 Å². The first-order valence-corrected chi connectivity index (χ1v) is 6.56. The van der Waals surface area contributed by atoms with Crippen LogP contribution in [0.2, 0.25) is 0 Å². The predicted octanol–water partition coefficient (Wildman–Crippen LogP) is 2.50. The lowest BCUT2D eigenvalue weighted by atomic mass is 10.2. The number of alkyl halides is 2. The summed E-state index contributed by atoms with van der Waals surface area (Å²) in [5, 5.41) is 3.31. The van der Waals surface area contributed by atoms with Crippen molar-refractivity contribution in [1.82, 2.24) is 15.3 Å². The van der Waals surface area contributed by atoms with Gasteiger partial charge in [0.05, 0.1) is 11.9 Å². The molecule has 0 spiro atoms. The fraction of sp³-hybridized carbons (Fsp3) is 0.692. The maximum Gasteiger partial charge on any atom is 0.272 e. The molecule has 1 N–H and O–H groups in total. The molecule has 2 rings (SSSR count). The summed E-state index contributed by atoms with van der Waals surface area (Å²) < 4.78 is 29.5. The third-order valence-corrected chi connectivity index (χ3v) is 2.86. The monoisotopic (exact) mass is 271 g/mol. The summed E-state index contributed by atoms with van der Waals surface area (Å²) in [6, 6.07) is 0.528. The quantitative estimate of drug-likeness (QED) is 0.827. The van der Waals surface area contributed by atoms with Gasteiger partial charge in [0.15, 0.2) is 5.75 Å². The van der Waals surface area contributed by atoms with Gasteiger partial charge in [0.25, 0.3) is 6.43 Å². The number of ether oxygens (including phenoxy) is 1. The summed E-state index contributed by atoms with van der Waals surface area (Å²) in [4.78, 5) is 8.56. The highest BCUT2D eigenvalue weighted by Crippen LogP contribution is 2.22. The van der Waals surface area contributed by atoms with Crippen LogP contribution in [0, 0.1) is 0 Å². The summed E-state index contributed by atoms with van der Waals surface area (Å²) in [6.45, 7) is 3.90. The molecule has 0 amide bonds. The predicted molar refractivity (Wildman–Crippen MR) is 67.5 cm³/mol. The topological polar surface area (TPSA) is 47.0 Å². The molecule has 106 valence electrons. The smallest absolute Gasteiger partial charge is 0.272 e. The highest BCUT2D eigenvalue weighted by atomic mass is 19.3. The summed E-state index contributed by atoms with van der Waals surface area (Å²) in [6.07, 6.45) is 1.33. The minimum absolute atomic E-state index is 0.198. The molecule has 0 radical (unpaired) electrons. The Morgan fingerprint density at radius 1 is 1.42 bits per heavy atom. The van der Waals surface area contributed by atoms with Crippen molar-refractivity contribution in [2.45, 2.75) is 51.6 Å². The van der Waals surface area contributed by atoms with E-state index in [9.17, 15) is 8.78 Å². The molecule has 1 fully saturated rings. The van der Waals surface area contributed by atoms with Crippen LogP contribution in [-0.2, 0) is 6.54 Å². The average molecular weight is 271 g/mol. The number of hydrogen-bond acceptors (Lipinski definition) is 4. The van der Waals surface area contributed by atoms with Crippen LogP contribution in [0.15, 0.2) is 6.20 Å². The van der Waals surface area contributed by atoms with E-state index < -0.39 is 13.0 Å². The number of nitrogens with zero attached hydrogens (tertiary/aromatic N) is 2. The maximum absolute atomic E-state index is 12.2. The van der Waals surface area contributed by atoms with Crippen LogP contribution in [0.25, 0.3) is 0 Å². The maximum atomic E-state index is 12.2. The SMILES string of the molecule is CC(C)c1ncc(OCC(F)F)c(CNC2CC2)n1. The molecule has 0 bridgehead atoms. The number of rotatable bonds is 7. The molecule has 1 heterocycles. The zero-order valence-corrected chi connectivity index (χ0v) is 11.2. The van der Waals surface area contributed by atoms with Crippen LogP contribution in [0.3, 0.4) is 0 Å². The molecule has 1 aromatic heterocycles. The normalized spacial score (nSPS) is 15.3. The second-order valence-corrected chi connectivity index (χ2v) is 5.05. The van der Waals surface area contributed by atoms with Crippen LogP contribution in [0.4, 0.5) is 8.78 Å². The summed E-state index contributed by atoms with van der Waals surface area (Å²) in [5.74, 6) is 1.25. The first kappa shape index (κ1) is 14.1. The van der Waals surface area contributed by atoms with Gasteiger partial charge in [0, 0.05) is 18.5 Å². The van der Waals surface area contributed by atoms with Gasteiger partial charge < -0.3 is 10.1 Å². The Kier molecular flexibility index (Phi) is 4.63. The Bertz CT molecular complexity index is 422. The average Bonchev–Trinajstić information content (AvgIpc) is 3.18. The Morgan fingerprint density at radius 2 is 2.16 bits per heavy atom. The lowest BCUT2D eigenvalue weighted by Gasteiger charge is -2.13. The molecule has 0 atom stereocenters. The van der Waals surface area contributed by atoms with Crippen LogP contribution in [0.1, 0.15) is 44.1 Å². The van der Waals surface area contributed by atoms with Crippen molar-refractivity contribution in [2.75, 3.05) is 6.61 Å². The van der Waals surface area contributed by atoms with E-state index in [1.54, 1.807) is 0 Å². The van der Waals surface area contributed by atoms with Gasteiger partial charge in [-0.2, -0.15) is 0 Å². The van der Waals surface area contributed by atoms with E-state index in [-0.39, 0.29) is 5.92 Å². The molecule has 1 saturated carbocycles. The fourth-order valence-electron chi connectivity index (χ4n) is 1.63. The second kappa shape index (κ2) is 6.23. The summed E-state index contributed by atoms with van der Waals surface area (Å²) >= 11 is 0. The zero-order chi connectivity index (χ0) is 13.8. The van der Waals surface area contributed by atoms with E-state index in [2.05, 4.69) is 15.3 Å². The largest absolute Gasteiger partial charge is 0.484 e. The zero-order valence-electron chi connectivity index (χ0n) is 11.2. The van der Waals surface area contributed by atoms with Crippen molar-refractivity contribution < 1.29 is 13.5 Å². The van der Waals surface area contributed by atoms with Crippen LogP contribution < -0.4 is 10.1 Å². The van der Waals surface area contributed by atoms with Crippen LogP contribution in [-0.4, -0.2) is 29.0 Å². The summed E-state index contributed by atoms with van der Waals surface area (Å²) in [5.41, 5.74) is 0.659. The van der Waals surface area contributed by atoms with E-state index in [4.69, 9.17) is 4.74 Å². The van der Waals surface area contributed by atoms with Crippen molar-refractivity contribution in [3.63, 3.8) is 0 Å². The van der Waals surface area contributed by atoms with Crippen molar-refractivity contribution in [3.8, 4) is 5.75 Å². The number of hydrogen-bond donors (Lipinski definition) is 1. The van der Waals surface area contributed by atoms with E-state index in [0.717, 1.165) is 12.8 Å². The molecule has 4 nitrogen and oxygen atoms in total. The second-order valence-electron chi connectivity index (χ2n) is 5.05. The lowest BCUT2D eigenvalue weighted by Crippen LogP contribution is -2.19. The molecule has 1 aliphatic rings. The molecule has 0 aliphatic heterocycles. The number of nitrogens with one attached hydrogen (secondary N) is 1. The number of halogens is 2. The van der Waals surface area contributed by atoms with Gasteiger partial charge in [-0.25, -0.2) is 18.7 Å². The first-order valence-electron chi connectivity index (χ1n) is 6.56. The van der Waals surface area contributed by atoms with Crippen LogP contribution >= 0.6 is 0 Å². The minimum Gasteiger partial charge on any atom is -0.484 e. The Labute approximate surface area is 111 Å². The van der Waals surface area contributed by atoms with Gasteiger partial charge in [-0.15, -0.1) is 0 Å². The number of aromatic nitrogens is 2. The van der Waals surface area contributed by atoms with Gasteiger partial charge in [-0.05, 0) is 12.8 Å². The van der Waals surface area contributed by atoms with Crippen molar-refractivity contribution in [1.29, 1.82) is 0 Å². The molecule has 1 aliphatic carbocycles. The van der Waals surface area contributed by atoms with Gasteiger partial charge in [-0.1, -0.05) is 13.8 Å². The van der Waals surface area contributed by atoms with Crippen LogP contribution in [0.5, 0.6) is 5.75 Å². The molecule has 0 aromatic carbocycles. The third-order valence-electron chi connectivity index (χ3n) is 2.86. The minimum atomic E-state index is -2.49. The van der Waals surface area contributed by atoms with Crippen molar-refractivity contribution in [2.24, 2.45) is 0 Å². The van der Waals surface area contributed by atoms with Gasteiger partial charge >= 0.3 is 0 Å². The molecule has 19 heavy (non-hydrogen) atoms. The first-order chi connectivity index (χ1) is 9.06. The molecule has 6 heteroatoms. The Balaban J connectivity index is 2.08. The standard InChI is InChI=1S/C13H19F2N3O/c1-8(2)13-17-6-11(19-7-12(14)15)10(18-13)5-16-9-3-4-9/h6,8-9,12,16H,3-5,7H2,1-2H3. The van der Waals surface area contributed by atoms with Gasteiger partial charge in [0.2, 0.25) is 0 Å². The van der Waals surface area contributed by atoms with E-state index >= 15 is 0 Å². The summed E-state index contributed by atoms with van der Waals surface area (Å²) in [7, 11) is 0. The molecule has 1 aromatic rings. The lowest BCUT2D eigenvalue weighted by molar-refractivity contribution is 0.0808. The highest BCUT2D eigenvalue weighted by Gasteiger charge is 2.21. The fourth-order valence-corrected chi connectivity index (χ4v) is 1.63. The van der Waals surface area contributed by atoms with Crippen molar-refractivity contribution in [3.05, 3.63) is 17.7 Å². The van der Waals surface area contributed by atoms with E-state index in [1.165, 1.54) is 6.20 Å². The van der Waals surface area contributed by atoms with E-state index in [1.807, 2.05) is 13.8 Å². The van der Waals surface area contributed by atoms with Gasteiger partial charge in [0.1, 0.15) is 12.4 Å². The molecular weight excluding hydrogens is 252 g/mol. The highest BCUT2D eigenvalue weighted by molar-refractivity contribution is 5.25. The Hall–Kier alpha value is -1.30. The molecule has 0 saturated heterocycles. The van der Waals surface area contributed by atoms with Gasteiger partial charge in [-0.3, -0.25) is 0 Å².